The van der Waals surface area contributed by atoms with Crippen LogP contribution in [-0.4, -0.2) is 28.6 Å². The van der Waals surface area contributed by atoms with E-state index in [0.29, 0.717) is 18.2 Å². The first-order chi connectivity index (χ1) is 15.7. The number of benzene rings is 1. The molecule has 3 amide bonds. The van der Waals surface area contributed by atoms with Crippen molar-refractivity contribution in [2.45, 2.75) is 33.2 Å². The summed E-state index contributed by atoms with van der Waals surface area (Å²) < 4.78 is 9.50. The monoisotopic (exact) mass is 469 g/mol. The number of amides is 3. The van der Waals surface area contributed by atoms with Crippen molar-refractivity contribution >= 4 is 40.6 Å². The summed E-state index contributed by atoms with van der Waals surface area (Å²) in [6.07, 6.45) is 2.22. The fourth-order valence-electron chi connectivity index (χ4n) is 3.30. The van der Waals surface area contributed by atoms with Crippen LogP contribution < -0.4 is 21.7 Å². The molecule has 1 aromatic carbocycles. The second-order valence-electron chi connectivity index (χ2n) is 8.04. The largest absolute Gasteiger partial charge is 0.467 e. The molecule has 0 fully saturated rings. The van der Waals surface area contributed by atoms with Crippen molar-refractivity contribution in [2.24, 2.45) is 11.7 Å². The third-order valence-electron chi connectivity index (χ3n) is 4.99. The van der Waals surface area contributed by atoms with Gasteiger partial charge in [-0.1, -0.05) is 26.0 Å². The lowest BCUT2D eigenvalue weighted by atomic mass is 10.1. The molecule has 2 aromatic heterocycles. The zero-order valence-corrected chi connectivity index (χ0v) is 19.5. The van der Waals surface area contributed by atoms with Crippen molar-refractivity contribution < 1.29 is 18.8 Å². The Balaban J connectivity index is 2.10. The van der Waals surface area contributed by atoms with Crippen LogP contribution in [0.3, 0.4) is 0 Å². The van der Waals surface area contributed by atoms with Gasteiger partial charge in [-0.05, 0) is 60.6 Å². The van der Waals surface area contributed by atoms with Gasteiger partial charge in [0.15, 0.2) is 11.7 Å². The Kier molecular flexibility index (Phi) is 7.49. The maximum absolute atomic E-state index is 13.8. The molecular formula is C23H27N5O4S. The van der Waals surface area contributed by atoms with Gasteiger partial charge in [0, 0.05) is 12.2 Å². The molecule has 33 heavy (non-hydrogen) atoms. The number of rotatable bonds is 9. The highest BCUT2D eigenvalue weighted by molar-refractivity contribution is 7.09. The van der Waals surface area contributed by atoms with E-state index in [9.17, 15) is 14.4 Å². The van der Waals surface area contributed by atoms with Crippen molar-refractivity contribution in [2.75, 3.05) is 17.2 Å². The van der Waals surface area contributed by atoms with Crippen LogP contribution in [0, 0.1) is 12.8 Å². The molecule has 0 radical (unpaired) electrons. The van der Waals surface area contributed by atoms with E-state index in [1.165, 1.54) is 11.2 Å². The Morgan fingerprint density at radius 3 is 2.55 bits per heavy atom. The molecule has 0 spiro atoms. The van der Waals surface area contributed by atoms with Crippen LogP contribution in [0.1, 0.15) is 57.8 Å². The summed E-state index contributed by atoms with van der Waals surface area (Å²) in [6.45, 7) is 6.43. The number of hydrogen-bond donors (Lipinski definition) is 3. The maximum atomic E-state index is 13.8. The predicted molar refractivity (Wildman–Crippen MR) is 127 cm³/mol. The molecule has 5 N–H and O–H groups in total. The smallest absolute Gasteiger partial charge is 0.273 e. The first-order valence-electron chi connectivity index (χ1n) is 10.5. The molecule has 2 heterocycles. The zero-order valence-electron chi connectivity index (χ0n) is 18.7. The lowest BCUT2D eigenvalue weighted by Crippen LogP contribution is -2.44. The van der Waals surface area contributed by atoms with Gasteiger partial charge in [-0.25, -0.2) is 0 Å². The van der Waals surface area contributed by atoms with Crippen molar-refractivity contribution in [1.82, 2.24) is 9.69 Å². The van der Waals surface area contributed by atoms with Crippen LogP contribution in [0.15, 0.2) is 47.1 Å². The number of primary amides is 1. The van der Waals surface area contributed by atoms with Gasteiger partial charge in [-0.2, -0.15) is 4.37 Å². The molecular weight excluding hydrogens is 442 g/mol. The summed E-state index contributed by atoms with van der Waals surface area (Å²) in [5.41, 5.74) is 12.4. The molecule has 1 unspecified atom stereocenters. The van der Waals surface area contributed by atoms with Gasteiger partial charge in [-0.15, -0.1) is 0 Å². The van der Waals surface area contributed by atoms with E-state index in [0.717, 1.165) is 23.5 Å². The summed E-state index contributed by atoms with van der Waals surface area (Å²) in [4.78, 5) is 40.1. The molecule has 0 saturated carbocycles. The number of nitrogens with two attached hydrogens (primary N) is 2. The van der Waals surface area contributed by atoms with Crippen LogP contribution in [0.5, 0.6) is 0 Å². The Morgan fingerprint density at radius 1 is 1.21 bits per heavy atom. The number of hydrogen-bond acceptors (Lipinski definition) is 7. The summed E-state index contributed by atoms with van der Waals surface area (Å²) in [6, 6.07) is 9.33. The maximum Gasteiger partial charge on any atom is 0.273 e. The van der Waals surface area contributed by atoms with Crippen LogP contribution in [0.2, 0.25) is 0 Å². The zero-order chi connectivity index (χ0) is 24.1. The highest BCUT2D eigenvalue weighted by Gasteiger charge is 2.37. The number of aromatic nitrogens is 1. The normalized spacial score (nSPS) is 11.9. The predicted octanol–water partition coefficient (Wildman–Crippen LogP) is 3.28. The van der Waals surface area contributed by atoms with E-state index >= 15 is 0 Å². The number of anilines is 2. The van der Waals surface area contributed by atoms with Crippen LogP contribution in [-0.2, 0) is 4.79 Å². The van der Waals surface area contributed by atoms with E-state index in [-0.39, 0.29) is 22.0 Å². The summed E-state index contributed by atoms with van der Waals surface area (Å²) in [7, 11) is 0. The number of furan rings is 1. The number of nitrogens with one attached hydrogen (secondary N) is 1. The van der Waals surface area contributed by atoms with E-state index in [2.05, 4.69) is 23.5 Å². The minimum atomic E-state index is -1.11. The summed E-state index contributed by atoms with van der Waals surface area (Å²) in [5, 5.41) is 2.90. The molecule has 0 bridgehead atoms. The number of carbonyl (C=O) groups excluding carboxylic acids is 3. The summed E-state index contributed by atoms with van der Waals surface area (Å²) >= 11 is 0.759. The third-order valence-corrected chi connectivity index (χ3v) is 5.85. The number of aryl methyl sites for hydroxylation is 1. The second-order valence-corrected chi connectivity index (χ2v) is 8.82. The fraction of sp³-hybridized carbons (Fsp3) is 0.304. The highest BCUT2D eigenvalue weighted by atomic mass is 32.1. The quantitative estimate of drug-likeness (QED) is 0.439. The lowest BCUT2D eigenvalue weighted by molar-refractivity contribution is -0.122. The van der Waals surface area contributed by atoms with E-state index in [1.54, 1.807) is 30.3 Å². The Labute approximate surface area is 195 Å². The first kappa shape index (κ1) is 24.0. The molecule has 1 atom stereocenters. The molecule has 0 saturated heterocycles. The molecule has 9 nitrogen and oxygen atoms in total. The number of carbonyl (C=O) groups is 3. The van der Waals surface area contributed by atoms with Crippen LogP contribution >= 0.6 is 11.5 Å². The van der Waals surface area contributed by atoms with Gasteiger partial charge in [0.2, 0.25) is 0 Å². The van der Waals surface area contributed by atoms with Gasteiger partial charge in [-0.3, -0.25) is 19.3 Å². The molecule has 3 rings (SSSR count). The Bertz CT molecular complexity index is 1140. The van der Waals surface area contributed by atoms with Crippen molar-refractivity contribution in [3.05, 3.63) is 64.6 Å². The first-order valence-corrected chi connectivity index (χ1v) is 11.2. The molecule has 0 aliphatic rings. The van der Waals surface area contributed by atoms with Gasteiger partial charge in [0.25, 0.3) is 17.7 Å². The number of nitrogen functional groups attached to an aromatic ring is 1. The SMILES string of the molecule is Cc1cccc(N(C(=O)c2snc(C(N)=O)c2N)C(C(=O)NCCC(C)C)c2ccco2)c1. The molecule has 0 aliphatic heterocycles. The fourth-order valence-corrected chi connectivity index (χ4v) is 4.04. The number of nitrogens with zero attached hydrogens (tertiary/aromatic N) is 2. The van der Waals surface area contributed by atoms with Gasteiger partial charge in [0.05, 0.1) is 12.0 Å². The Hall–Kier alpha value is -3.66. The Morgan fingerprint density at radius 2 is 1.97 bits per heavy atom. The highest BCUT2D eigenvalue weighted by Crippen LogP contribution is 2.33. The van der Waals surface area contributed by atoms with Gasteiger partial charge >= 0.3 is 0 Å². The minimum Gasteiger partial charge on any atom is -0.467 e. The van der Waals surface area contributed by atoms with Crippen molar-refractivity contribution in [3.8, 4) is 0 Å². The van der Waals surface area contributed by atoms with Crippen LogP contribution in [0.4, 0.5) is 11.4 Å². The molecule has 174 valence electrons. The van der Waals surface area contributed by atoms with E-state index < -0.39 is 23.8 Å². The molecule has 10 heteroatoms. The van der Waals surface area contributed by atoms with Crippen molar-refractivity contribution in [1.29, 1.82) is 0 Å². The minimum absolute atomic E-state index is 0.0110. The topological polar surface area (TPSA) is 145 Å². The van der Waals surface area contributed by atoms with Gasteiger partial charge < -0.3 is 21.2 Å². The second kappa shape index (κ2) is 10.3. The summed E-state index contributed by atoms with van der Waals surface area (Å²) in [5.74, 6) is -1.16. The van der Waals surface area contributed by atoms with E-state index in [4.69, 9.17) is 15.9 Å². The average Bonchev–Trinajstić information content (AvgIpc) is 3.40. The third kappa shape index (κ3) is 5.40. The lowest BCUT2D eigenvalue weighted by Gasteiger charge is -2.30. The molecule has 0 aliphatic carbocycles. The van der Waals surface area contributed by atoms with Gasteiger partial charge in [0.1, 0.15) is 10.6 Å². The molecule has 3 aromatic rings. The average molecular weight is 470 g/mol. The van der Waals surface area contributed by atoms with E-state index in [1.807, 2.05) is 13.0 Å². The van der Waals surface area contributed by atoms with Crippen LogP contribution in [0.25, 0.3) is 0 Å². The van der Waals surface area contributed by atoms with Crippen molar-refractivity contribution in [3.63, 3.8) is 0 Å². The standard InChI is InChI=1S/C23H27N5O4S/c1-13(2)9-10-26-22(30)19(16-8-5-11-32-16)28(15-7-4-6-14(3)12-15)23(31)20-17(24)18(21(25)29)27-33-20/h4-8,11-13,19H,9-10,24H2,1-3H3,(H2,25,29)(H,26,30).